The van der Waals surface area contributed by atoms with Crippen LogP contribution in [0, 0.1) is 0 Å². The maximum absolute atomic E-state index is 12.9. The molecule has 0 unspecified atom stereocenters. The maximum atomic E-state index is 12.9. The predicted octanol–water partition coefficient (Wildman–Crippen LogP) is 5.77. The Morgan fingerprint density at radius 3 is 2.39 bits per heavy atom. The normalized spacial score (nSPS) is 14.0. The number of ether oxygens (including phenoxy) is 1. The number of methoxy groups -OCH3 is 1. The van der Waals surface area contributed by atoms with E-state index in [1.165, 1.54) is 29.4 Å². The van der Waals surface area contributed by atoms with Gasteiger partial charge in [0.2, 0.25) is 11.2 Å². The van der Waals surface area contributed by atoms with Crippen LogP contribution in [0.3, 0.4) is 0 Å². The first-order chi connectivity index (χ1) is 13.5. The highest BCUT2D eigenvalue weighted by molar-refractivity contribution is 5.85. The van der Waals surface area contributed by atoms with Crippen molar-refractivity contribution >= 4 is 11.0 Å². The first-order valence-electron chi connectivity index (χ1n) is 9.37. The lowest BCUT2D eigenvalue weighted by molar-refractivity contribution is 0.398. The summed E-state index contributed by atoms with van der Waals surface area (Å²) in [5, 5.41) is 0.525. The van der Waals surface area contributed by atoms with Gasteiger partial charge in [0, 0.05) is 11.0 Å². The van der Waals surface area contributed by atoms with Crippen LogP contribution in [0.4, 0.5) is 0 Å². The molecule has 3 heteroatoms. The average molecular weight is 368 g/mol. The molecule has 3 aromatic carbocycles. The highest BCUT2D eigenvalue weighted by Crippen LogP contribution is 2.49. The van der Waals surface area contributed by atoms with Crippen LogP contribution in [0.5, 0.6) is 5.75 Å². The molecule has 0 radical (unpaired) electrons. The first-order valence-corrected chi connectivity index (χ1v) is 9.37. The summed E-state index contributed by atoms with van der Waals surface area (Å²) in [5.74, 6) is 0.715. The van der Waals surface area contributed by atoms with Crippen LogP contribution in [0.15, 0.2) is 75.9 Å². The lowest BCUT2D eigenvalue weighted by atomic mass is 9.82. The molecule has 28 heavy (non-hydrogen) atoms. The first kappa shape index (κ1) is 16.8. The van der Waals surface area contributed by atoms with E-state index in [1.807, 2.05) is 24.3 Å². The molecule has 1 heterocycles. The van der Waals surface area contributed by atoms with Gasteiger partial charge in [0.25, 0.3) is 0 Å². The van der Waals surface area contributed by atoms with Crippen LogP contribution >= 0.6 is 0 Å². The second kappa shape index (κ2) is 5.83. The molecule has 1 aliphatic rings. The van der Waals surface area contributed by atoms with Gasteiger partial charge in [-0.2, -0.15) is 0 Å². The van der Waals surface area contributed by atoms with Gasteiger partial charge in [0.05, 0.1) is 12.5 Å². The third-order valence-corrected chi connectivity index (χ3v) is 5.81. The summed E-state index contributed by atoms with van der Waals surface area (Å²) in [5.41, 5.74) is 6.17. The van der Waals surface area contributed by atoms with Crippen LogP contribution in [0.25, 0.3) is 33.4 Å². The molecule has 0 bridgehead atoms. The van der Waals surface area contributed by atoms with Gasteiger partial charge in [0.15, 0.2) is 5.76 Å². The maximum Gasteiger partial charge on any atom is 0.235 e. The quantitative estimate of drug-likeness (QED) is 0.450. The minimum atomic E-state index is -0.151. The zero-order chi connectivity index (χ0) is 19.5. The van der Waals surface area contributed by atoms with Crippen LogP contribution in [-0.4, -0.2) is 7.11 Å². The molecular formula is C25H20O3. The lowest BCUT2D eigenvalue weighted by Gasteiger charge is -2.22. The highest BCUT2D eigenvalue weighted by atomic mass is 16.5. The highest BCUT2D eigenvalue weighted by Gasteiger charge is 2.35. The van der Waals surface area contributed by atoms with Crippen molar-refractivity contribution in [2.45, 2.75) is 19.3 Å². The Labute approximate surface area is 163 Å². The molecule has 0 atom stereocenters. The third kappa shape index (κ3) is 2.19. The van der Waals surface area contributed by atoms with Crippen molar-refractivity contribution in [3.8, 4) is 28.2 Å². The zero-order valence-corrected chi connectivity index (χ0v) is 16.1. The van der Waals surface area contributed by atoms with Crippen LogP contribution in [0.1, 0.15) is 25.0 Å². The van der Waals surface area contributed by atoms with E-state index in [1.54, 1.807) is 6.07 Å². The van der Waals surface area contributed by atoms with Gasteiger partial charge in [-0.3, -0.25) is 4.79 Å². The fourth-order valence-corrected chi connectivity index (χ4v) is 4.35. The second-order valence-electron chi connectivity index (χ2n) is 7.72. The molecule has 3 nitrogen and oxygen atoms in total. The Morgan fingerprint density at radius 2 is 1.57 bits per heavy atom. The standard InChI is InChI=1S/C25H20O3/c1-25(2)19-10-6-4-8-16(19)17-13-12-15(14-20(17)25)23-24(27-3)22(26)18-9-5-7-11-21(18)28-23/h4-14H,1-3H3. The Kier molecular flexibility index (Phi) is 3.50. The second-order valence-corrected chi connectivity index (χ2v) is 7.72. The van der Waals surface area contributed by atoms with Gasteiger partial charge < -0.3 is 9.15 Å². The van der Waals surface area contributed by atoms with Crippen molar-refractivity contribution in [3.05, 3.63) is 88.1 Å². The molecule has 0 fully saturated rings. The molecule has 138 valence electrons. The summed E-state index contributed by atoms with van der Waals surface area (Å²) in [4.78, 5) is 12.9. The lowest BCUT2D eigenvalue weighted by Crippen LogP contribution is -2.15. The van der Waals surface area contributed by atoms with E-state index in [0.29, 0.717) is 16.7 Å². The molecule has 0 saturated heterocycles. The van der Waals surface area contributed by atoms with Crippen LogP contribution < -0.4 is 10.2 Å². The topological polar surface area (TPSA) is 39.4 Å². The number of benzene rings is 3. The number of rotatable bonds is 2. The summed E-state index contributed by atoms with van der Waals surface area (Å²) in [7, 11) is 1.51. The zero-order valence-electron chi connectivity index (χ0n) is 16.1. The number of hydrogen-bond donors (Lipinski definition) is 0. The summed E-state index contributed by atoms with van der Waals surface area (Å²) in [6, 6.07) is 22.0. The van der Waals surface area contributed by atoms with Crippen LogP contribution in [0.2, 0.25) is 0 Å². The molecule has 5 rings (SSSR count). The molecule has 0 aliphatic heterocycles. The third-order valence-electron chi connectivity index (χ3n) is 5.81. The molecule has 4 aromatic rings. The van der Waals surface area contributed by atoms with E-state index in [-0.39, 0.29) is 16.6 Å². The molecule has 1 aromatic heterocycles. The predicted molar refractivity (Wildman–Crippen MR) is 112 cm³/mol. The van der Waals surface area contributed by atoms with Gasteiger partial charge in [-0.25, -0.2) is 0 Å². The molecular weight excluding hydrogens is 348 g/mol. The average Bonchev–Trinajstić information content (AvgIpc) is 2.95. The fourth-order valence-electron chi connectivity index (χ4n) is 4.35. The molecule has 0 saturated carbocycles. The summed E-state index contributed by atoms with van der Waals surface area (Å²) in [6.07, 6.45) is 0. The van der Waals surface area contributed by atoms with Crippen molar-refractivity contribution in [2.24, 2.45) is 0 Å². The van der Waals surface area contributed by atoms with Gasteiger partial charge in [0.1, 0.15) is 5.58 Å². The van der Waals surface area contributed by atoms with Gasteiger partial charge >= 0.3 is 0 Å². The van der Waals surface area contributed by atoms with E-state index in [9.17, 15) is 4.79 Å². The molecule has 0 N–H and O–H groups in total. The van der Waals surface area contributed by atoms with E-state index >= 15 is 0 Å². The molecule has 0 spiro atoms. The Balaban J connectivity index is 1.78. The van der Waals surface area contributed by atoms with Gasteiger partial charge in [-0.15, -0.1) is 0 Å². The van der Waals surface area contributed by atoms with Crippen molar-refractivity contribution in [3.63, 3.8) is 0 Å². The monoisotopic (exact) mass is 368 g/mol. The minimum absolute atomic E-state index is 0.119. The number of fused-ring (bicyclic) bond motifs is 4. The Hall–Kier alpha value is -3.33. The van der Waals surface area contributed by atoms with E-state index < -0.39 is 0 Å². The number of para-hydroxylation sites is 1. The van der Waals surface area contributed by atoms with Crippen molar-refractivity contribution in [2.75, 3.05) is 7.11 Å². The van der Waals surface area contributed by atoms with Crippen molar-refractivity contribution in [1.29, 1.82) is 0 Å². The number of hydrogen-bond acceptors (Lipinski definition) is 3. The van der Waals surface area contributed by atoms with Crippen molar-refractivity contribution < 1.29 is 9.15 Å². The Morgan fingerprint density at radius 1 is 0.857 bits per heavy atom. The van der Waals surface area contributed by atoms with Gasteiger partial charge in [-0.1, -0.05) is 62.4 Å². The summed E-state index contributed by atoms with van der Waals surface area (Å²) in [6.45, 7) is 4.46. The SMILES string of the molecule is COc1c(-c2ccc3c(c2)C(C)(C)c2ccccc2-3)oc2ccccc2c1=O. The fraction of sp³-hybridized carbons (Fsp3) is 0.160. The molecule has 0 amide bonds. The molecule has 1 aliphatic carbocycles. The summed E-state index contributed by atoms with van der Waals surface area (Å²) >= 11 is 0. The van der Waals surface area contributed by atoms with Gasteiger partial charge in [-0.05, 0) is 40.5 Å². The summed E-state index contributed by atoms with van der Waals surface area (Å²) < 4.78 is 11.6. The van der Waals surface area contributed by atoms with E-state index in [4.69, 9.17) is 9.15 Å². The van der Waals surface area contributed by atoms with E-state index in [2.05, 4.69) is 50.2 Å². The minimum Gasteiger partial charge on any atom is -0.490 e. The van der Waals surface area contributed by atoms with Crippen molar-refractivity contribution in [1.82, 2.24) is 0 Å². The largest absolute Gasteiger partial charge is 0.490 e. The smallest absolute Gasteiger partial charge is 0.235 e. The van der Waals surface area contributed by atoms with E-state index in [0.717, 1.165) is 5.56 Å². The Bertz CT molecular complexity index is 1290. The van der Waals surface area contributed by atoms with Crippen LogP contribution in [-0.2, 0) is 5.41 Å².